The van der Waals surface area contributed by atoms with Crippen LogP contribution >= 0.6 is 0 Å². The van der Waals surface area contributed by atoms with Crippen LogP contribution in [0.5, 0.6) is 5.75 Å². The van der Waals surface area contributed by atoms with Gasteiger partial charge in [-0.1, -0.05) is 26.7 Å². The number of esters is 1. The highest BCUT2D eigenvalue weighted by Crippen LogP contribution is 2.10. The summed E-state index contributed by atoms with van der Waals surface area (Å²) < 4.78 is 10.5. The second-order valence-corrected chi connectivity index (χ2v) is 4.48. The fourth-order valence-electron chi connectivity index (χ4n) is 1.43. The molecule has 0 saturated carbocycles. The van der Waals surface area contributed by atoms with Gasteiger partial charge < -0.3 is 9.47 Å². The lowest BCUT2D eigenvalue weighted by atomic mass is 10.3. The van der Waals surface area contributed by atoms with E-state index >= 15 is 0 Å². The summed E-state index contributed by atoms with van der Waals surface area (Å²) >= 11 is 0. The van der Waals surface area contributed by atoms with E-state index in [1.165, 1.54) is 6.08 Å². The number of pyridine rings is 1. The van der Waals surface area contributed by atoms with Crippen LogP contribution in [0, 0.1) is 0 Å². The topological polar surface area (TPSA) is 48.4 Å². The quantitative estimate of drug-likeness (QED) is 0.393. The second-order valence-electron chi connectivity index (χ2n) is 4.48. The monoisotopic (exact) mass is 277 g/mol. The Labute approximate surface area is 120 Å². The van der Waals surface area contributed by atoms with Crippen LogP contribution in [0.4, 0.5) is 0 Å². The first-order chi connectivity index (χ1) is 9.76. The van der Waals surface area contributed by atoms with Crippen LogP contribution in [0.15, 0.2) is 24.4 Å². The molecule has 1 aromatic heterocycles. The second kappa shape index (κ2) is 10.0. The zero-order chi connectivity index (χ0) is 14.6. The van der Waals surface area contributed by atoms with Crippen molar-refractivity contribution in [1.82, 2.24) is 4.98 Å². The molecule has 0 aliphatic heterocycles. The molecule has 0 radical (unpaired) electrons. The predicted molar refractivity (Wildman–Crippen MR) is 79.5 cm³/mol. The first-order valence-corrected chi connectivity index (χ1v) is 7.20. The summed E-state index contributed by atoms with van der Waals surface area (Å²) in [5, 5.41) is 0. The van der Waals surface area contributed by atoms with Crippen LogP contribution < -0.4 is 4.74 Å². The van der Waals surface area contributed by atoms with Crippen LogP contribution in [-0.2, 0) is 9.53 Å². The highest BCUT2D eigenvalue weighted by molar-refractivity contribution is 5.86. The lowest BCUT2D eigenvalue weighted by Gasteiger charge is -2.04. The molecule has 110 valence electrons. The van der Waals surface area contributed by atoms with Crippen molar-refractivity contribution in [3.8, 4) is 5.75 Å². The number of carbonyl (C=O) groups excluding carboxylic acids is 1. The molecule has 4 heteroatoms. The number of unbranched alkanes of at least 4 members (excludes halogenated alkanes) is 2. The maximum Gasteiger partial charge on any atom is 0.330 e. The summed E-state index contributed by atoms with van der Waals surface area (Å²) in [5.74, 6) is 0.421. The molecule has 1 rings (SSSR count). The molecule has 0 spiro atoms. The van der Waals surface area contributed by atoms with E-state index in [0.717, 1.165) is 31.4 Å². The fraction of sp³-hybridized carbons (Fsp3) is 0.500. The minimum Gasteiger partial charge on any atom is -0.492 e. The highest BCUT2D eigenvalue weighted by Gasteiger charge is 1.98. The van der Waals surface area contributed by atoms with Crippen molar-refractivity contribution < 1.29 is 14.3 Å². The molecule has 4 nitrogen and oxygen atoms in total. The van der Waals surface area contributed by atoms with E-state index in [-0.39, 0.29) is 5.97 Å². The Morgan fingerprint density at radius 3 is 2.60 bits per heavy atom. The van der Waals surface area contributed by atoms with E-state index in [0.29, 0.717) is 18.9 Å². The number of hydrogen-bond acceptors (Lipinski definition) is 4. The van der Waals surface area contributed by atoms with E-state index in [4.69, 9.17) is 9.47 Å². The maximum atomic E-state index is 11.4. The van der Waals surface area contributed by atoms with Gasteiger partial charge in [0.1, 0.15) is 5.75 Å². The summed E-state index contributed by atoms with van der Waals surface area (Å²) in [4.78, 5) is 15.6. The average Bonchev–Trinajstić information content (AvgIpc) is 2.47. The van der Waals surface area contributed by atoms with Crippen LogP contribution in [0.25, 0.3) is 6.08 Å². The lowest BCUT2D eigenvalue weighted by molar-refractivity contribution is -0.137. The maximum absolute atomic E-state index is 11.4. The van der Waals surface area contributed by atoms with Gasteiger partial charge >= 0.3 is 5.97 Å². The molecule has 0 amide bonds. The first kappa shape index (κ1) is 16.2. The number of rotatable bonds is 9. The molecule has 1 aromatic rings. The third-order valence-corrected chi connectivity index (χ3v) is 2.66. The van der Waals surface area contributed by atoms with Crippen molar-refractivity contribution in [1.29, 1.82) is 0 Å². The standard InChI is InChI=1S/C16H23NO3/c1-3-5-11-19-15-9-7-14(17-13-15)8-10-16(18)20-12-6-4-2/h7-10,13H,3-6,11-12H2,1-2H3/b10-8-. The van der Waals surface area contributed by atoms with Gasteiger partial charge in [0.05, 0.1) is 25.1 Å². The Bertz CT molecular complexity index is 412. The Hall–Kier alpha value is -1.84. The summed E-state index contributed by atoms with van der Waals surface area (Å²) in [6, 6.07) is 3.67. The van der Waals surface area contributed by atoms with Crippen LogP contribution in [0.3, 0.4) is 0 Å². The molecule has 1 heterocycles. The Kier molecular flexibility index (Phi) is 8.11. The van der Waals surface area contributed by atoms with Gasteiger partial charge in [0, 0.05) is 6.08 Å². The van der Waals surface area contributed by atoms with E-state index < -0.39 is 0 Å². The summed E-state index contributed by atoms with van der Waals surface area (Å²) in [5.41, 5.74) is 0.709. The zero-order valence-corrected chi connectivity index (χ0v) is 12.3. The Balaban J connectivity index is 2.38. The molecule has 0 aliphatic rings. The molecule has 0 unspecified atom stereocenters. The Morgan fingerprint density at radius 2 is 1.95 bits per heavy atom. The van der Waals surface area contributed by atoms with Gasteiger partial charge in [0.25, 0.3) is 0 Å². The molecule has 0 aromatic carbocycles. The summed E-state index contributed by atoms with van der Waals surface area (Å²) in [6.07, 6.45) is 8.75. The predicted octanol–water partition coefficient (Wildman–Crippen LogP) is 3.62. The molecular formula is C16H23NO3. The molecule has 20 heavy (non-hydrogen) atoms. The third-order valence-electron chi connectivity index (χ3n) is 2.66. The van der Waals surface area contributed by atoms with Gasteiger partial charge in [-0.3, -0.25) is 4.98 Å². The highest BCUT2D eigenvalue weighted by atomic mass is 16.5. The number of hydrogen-bond donors (Lipinski definition) is 0. The first-order valence-electron chi connectivity index (χ1n) is 7.20. The minimum absolute atomic E-state index is 0.330. The van der Waals surface area contributed by atoms with Crippen molar-refractivity contribution in [2.24, 2.45) is 0 Å². The molecule has 0 aliphatic carbocycles. The average molecular weight is 277 g/mol. The van der Waals surface area contributed by atoms with E-state index in [9.17, 15) is 4.79 Å². The number of nitrogens with zero attached hydrogens (tertiary/aromatic N) is 1. The SMILES string of the molecule is CCCCOC(=O)/C=C\c1ccc(OCCCC)cn1. The summed E-state index contributed by atoms with van der Waals surface area (Å²) in [7, 11) is 0. The molecule has 0 fully saturated rings. The van der Waals surface area contributed by atoms with Crippen molar-refractivity contribution in [2.45, 2.75) is 39.5 Å². The van der Waals surface area contributed by atoms with Gasteiger partial charge in [-0.2, -0.15) is 0 Å². The minimum atomic E-state index is -0.330. The van der Waals surface area contributed by atoms with Gasteiger partial charge in [-0.15, -0.1) is 0 Å². The molecule has 0 N–H and O–H groups in total. The van der Waals surface area contributed by atoms with E-state index in [1.54, 1.807) is 12.3 Å². The zero-order valence-electron chi connectivity index (χ0n) is 12.3. The lowest BCUT2D eigenvalue weighted by Crippen LogP contribution is -2.01. The van der Waals surface area contributed by atoms with Gasteiger partial charge in [-0.25, -0.2) is 4.79 Å². The van der Waals surface area contributed by atoms with Crippen molar-refractivity contribution in [3.05, 3.63) is 30.1 Å². The smallest absolute Gasteiger partial charge is 0.330 e. The molecule has 0 saturated heterocycles. The largest absolute Gasteiger partial charge is 0.492 e. The number of carbonyl (C=O) groups is 1. The van der Waals surface area contributed by atoms with E-state index in [1.807, 2.05) is 12.1 Å². The summed E-state index contributed by atoms with van der Waals surface area (Å²) in [6.45, 7) is 5.35. The van der Waals surface area contributed by atoms with Gasteiger partial charge in [0.15, 0.2) is 0 Å². The molecule has 0 bridgehead atoms. The van der Waals surface area contributed by atoms with Crippen molar-refractivity contribution in [2.75, 3.05) is 13.2 Å². The fourth-order valence-corrected chi connectivity index (χ4v) is 1.43. The van der Waals surface area contributed by atoms with E-state index in [2.05, 4.69) is 18.8 Å². The van der Waals surface area contributed by atoms with Crippen molar-refractivity contribution in [3.63, 3.8) is 0 Å². The van der Waals surface area contributed by atoms with Crippen molar-refractivity contribution >= 4 is 12.0 Å². The number of aromatic nitrogens is 1. The van der Waals surface area contributed by atoms with Gasteiger partial charge in [-0.05, 0) is 31.1 Å². The Morgan fingerprint density at radius 1 is 1.20 bits per heavy atom. The van der Waals surface area contributed by atoms with Crippen LogP contribution in [0.1, 0.15) is 45.2 Å². The molecule has 0 atom stereocenters. The number of ether oxygens (including phenoxy) is 2. The molecular weight excluding hydrogens is 254 g/mol. The third kappa shape index (κ3) is 6.92. The van der Waals surface area contributed by atoms with Gasteiger partial charge in [0.2, 0.25) is 0 Å². The van der Waals surface area contributed by atoms with Crippen LogP contribution in [0.2, 0.25) is 0 Å². The normalized spacial score (nSPS) is 10.7. The van der Waals surface area contributed by atoms with Crippen LogP contribution in [-0.4, -0.2) is 24.2 Å².